The first-order valence-electron chi connectivity index (χ1n) is 7.73. The summed E-state index contributed by atoms with van der Waals surface area (Å²) in [5.74, 6) is 0.840. The van der Waals surface area contributed by atoms with Crippen LogP contribution < -0.4 is 15.3 Å². The van der Waals surface area contributed by atoms with E-state index in [0.717, 1.165) is 15.5 Å². The molecule has 5 heteroatoms. The SMILES string of the molecule is COc1ccc(C(=S)SP(=[Se])(c2ccccc2)c2ccccc2)cc1. The van der Waals surface area contributed by atoms with E-state index in [0.29, 0.717) is 0 Å². The molecule has 0 atom stereocenters. The topological polar surface area (TPSA) is 9.23 Å². The fourth-order valence-corrected chi connectivity index (χ4v) is 11.9. The van der Waals surface area contributed by atoms with Gasteiger partial charge in [-0.15, -0.1) is 0 Å². The molecule has 0 spiro atoms. The van der Waals surface area contributed by atoms with Crippen LogP contribution in [-0.2, 0) is 0 Å². The molecule has 0 heterocycles. The molecular formula is C20H17OPS2Se. The van der Waals surface area contributed by atoms with Crippen LogP contribution in [0.25, 0.3) is 0 Å². The van der Waals surface area contributed by atoms with Crippen molar-refractivity contribution in [3.8, 4) is 5.75 Å². The third kappa shape index (κ3) is 4.34. The van der Waals surface area contributed by atoms with Crippen molar-refractivity contribution in [2.75, 3.05) is 7.11 Å². The molecule has 1 nitrogen and oxygen atoms in total. The Balaban J connectivity index is 1.98. The molecule has 0 fully saturated rings. The van der Waals surface area contributed by atoms with Crippen LogP contribution in [0.15, 0.2) is 84.9 Å². The van der Waals surface area contributed by atoms with Gasteiger partial charge in [-0.1, -0.05) is 0 Å². The van der Waals surface area contributed by atoms with Crippen molar-refractivity contribution < 1.29 is 4.74 Å². The average molecular weight is 447 g/mol. The third-order valence-corrected chi connectivity index (χ3v) is 13.8. The molecule has 0 saturated carbocycles. The van der Waals surface area contributed by atoms with Crippen LogP contribution >= 0.6 is 28.3 Å². The Labute approximate surface area is 165 Å². The Kier molecular flexibility index (Phi) is 6.33. The minimum absolute atomic E-state index is 0.840. The standard InChI is InChI=1S/C20H17OPS2Se/c1-21-17-14-12-16(13-15-17)20(23)24-22(25,18-8-4-2-5-9-18)19-10-6-3-7-11-19/h2-15H,1H3. The van der Waals surface area contributed by atoms with E-state index in [9.17, 15) is 0 Å². The van der Waals surface area contributed by atoms with Crippen molar-refractivity contribution in [3.05, 3.63) is 90.5 Å². The van der Waals surface area contributed by atoms with Gasteiger partial charge in [0.2, 0.25) is 0 Å². The molecule has 0 amide bonds. The van der Waals surface area contributed by atoms with Gasteiger partial charge in [-0.3, -0.25) is 0 Å². The van der Waals surface area contributed by atoms with Crippen molar-refractivity contribution in [1.82, 2.24) is 0 Å². The van der Waals surface area contributed by atoms with Gasteiger partial charge in [-0.25, -0.2) is 0 Å². The predicted molar refractivity (Wildman–Crippen MR) is 117 cm³/mol. The Bertz CT molecular complexity index is 852. The van der Waals surface area contributed by atoms with E-state index in [2.05, 4.69) is 63.6 Å². The quantitative estimate of drug-likeness (QED) is 0.317. The number of hydrogen-bond acceptors (Lipinski definition) is 3. The molecule has 3 aromatic carbocycles. The molecule has 3 rings (SSSR count). The first kappa shape index (κ1) is 18.6. The van der Waals surface area contributed by atoms with Crippen LogP contribution in [-0.4, -0.2) is 26.4 Å². The van der Waals surface area contributed by atoms with Gasteiger partial charge in [0.25, 0.3) is 0 Å². The summed E-state index contributed by atoms with van der Waals surface area (Å²) in [4.78, 5) is 0. The summed E-state index contributed by atoms with van der Waals surface area (Å²) in [6, 6.07) is 29.1. The van der Waals surface area contributed by atoms with Gasteiger partial charge in [0, 0.05) is 0 Å². The number of ether oxygens (including phenoxy) is 1. The van der Waals surface area contributed by atoms with E-state index >= 15 is 0 Å². The summed E-state index contributed by atoms with van der Waals surface area (Å²) < 4.78 is 4.34. The van der Waals surface area contributed by atoms with Crippen molar-refractivity contribution in [1.29, 1.82) is 0 Å². The zero-order valence-corrected chi connectivity index (χ0v) is 17.9. The van der Waals surface area contributed by atoms with Crippen molar-refractivity contribution in [3.63, 3.8) is 0 Å². The number of hydrogen-bond donors (Lipinski definition) is 0. The maximum absolute atomic E-state index is 5.78. The summed E-state index contributed by atoms with van der Waals surface area (Å²) in [5.41, 5.74) is 1.05. The number of thiocarbonyl (C=S) groups is 1. The molecule has 126 valence electrons. The van der Waals surface area contributed by atoms with Crippen molar-refractivity contribution >= 4 is 58.2 Å². The van der Waals surface area contributed by atoms with E-state index < -0.39 is 4.71 Å². The van der Waals surface area contributed by atoms with E-state index in [1.54, 1.807) is 18.5 Å². The van der Waals surface area contributed by atoms with E-state index in [1.807, 2.05) is 36.4 Å². The van der Waals surface area contributed by atoms with Gasteiger partial charge >= 0.3 is 166 Å². The van der Waals surface area contributed by atoms with Crippen LogP contribution in [0.4, 0.5) is 0 Å². The fraction of sp³-hybridized carbons (Fsp3) is 0.0500. The Morgan fingerprint density at radius 2 is 1.32 bits per heavy atom. The summed E-state index contributed by atoms with van der Waals surface area (Å²) in [6.07, 6.45) is 0. The zero-order chi connectivity index (χ0) is 17.7. The van der Waals surface area contributed by atoms with Crippen LogP contribution in [0.3, 0.4) is 0 Å². The molecule has 0 radical (unpaired) electrons. The van der Waals surface area contributed by atoms with Crippen molar-refractivity contribution in [2.45, 2.75) is 0 Å². The summed E-state index contributed by atoms with van der Waals surface area (Å²) >= 11 is 11.1. The number of rotatable bonds is 5. The second-order valence-corrected chi connectivity index (χ2v) is 15.9. The molecule has 0 N–H and O–H groups in total. The van der Waals surface area contributed by atoms with Gasteiger partial charge in [0.05, 0.1) is 0 Å². The molecule has 0 aliphatic carbocycles. The first-order valence-corrected chi connectivity index (χ1v) is 13.6. The van der Waals surface area contributed by atoms with E-state index in [-0.39, 0.29) is 0 Å². The molecule has 0 aromatic heterocycles. The predicted octanol–water partition coefficient (Wildman–Crippen LogP) is 4.77. The number of benzene rings is 3. The average Bonchev–Trinajstić information content (AvgIpc) is 2.69. The molecule has 0 bridgehead atoms. The van der Waals surface area contributed by atoms with Gasteiger partial charge in [-0.05, 0) is 0 Å². The molecule has 0 aliphatic rings. The van der Waals surface area contributed by atoms with Crippen LogP contribution in [0, 0.1) is 0 Å². The molecular weight excluding hydrogens is 430 g/mol. The molecule has 0 unspecified atom stereocenters. The second kappa shape index (κ2) is 8.49. The fourth-order valence-electron chi connectivity index (χ4n) is 2.40. The van der Waals surface area contributed by atoms with Crippen LogP contribution in [0.1, 0.15) is 5.56 Å². The molecule has 25 heavy (non-hydrogen) atoms. The first-order chi connectivity index (χ1) is 12.1. The van der Waals surface area contributed by atoms with Crippen LogP contribution in [0.5, 0.6) is 5.75 Å². The zero-order valence-electron chi connectivity index (χ0n) is 13.7. The van der Waals surface area contributed by atoms with Gasteiger partial charge < -0.3 is 0 Å². The van der Waals surface area contributed by atoms with E-state index in [1.165, 1.54) is 10.6 Å². The van der Waals surface area contributed by atoms with E-state index in [4.69, 9.17) is 17.0 Å². The van der Waals surface area contributed by atoms with Gasteiger partial charge in [-0.2, -0.15) is 0 Å². The Morgan fingerprint density at radius 1 is 0.840 bits per heavy atom. The molecule has 0 saturated heterocycles. The monoisotopic (exact) mass is 448 g/mol. The van der Waals surface area contributed by atoms with Crippen LogP contribution in [0.2, 0.25) is 0 Å². The molecule has 3 aromatic rings. The summed E-state index contributed by atoms with van der Waals surface area (Å²) in [6.45, 7) is 0. The normalized spacial score (nSPS) is 11.1. The number of methoxy groups -OCH3 is 1. The Morgan fingerprint density at radius 3 is 1.76 bits per heavy atom. The minimum atomic E-state index is -1.80. The summed E-state index contributed by atoms with van der Waals surface area (Å²) in [5, 5.41) is 2.59. The van der Waals surface area contributed by atoms with Crippen molar-refractivity contribution in [2.24, 2.45) is 0 Å². The maximum atomic E-state index is 5.78. The van der Waals surface area contributed by atoms with Gasteiger partial charge in [0.1, 0.15) is 0 Å². The third-order valence-electron chi connectivity index (χ3n) is 3.73. The summed E-state index contributed by atoms with van der Waals surface area (Å²) in [7, 11) is 1.67. The molecule has 0 aliphatic heterocycles. The van der Waals surface area contributed by atoms with Gasteiger partial charge in [0.15, 0.2) is 0 Å². The second-order valence-electron chi connectivity index (χ2n) is 5.33. The Hall–Kier alpha value is -1.15.